The Kier molecular flexibility index (Phi) is 5.29. The van der Waals surface area contributed by atoms with Crippen LogP contribution in [0.1, 0.15) is 45.9 Å². The second-order valence-electron chi connectivity index (χ2n) is 8.45. The third-order valence-electron chi connectivity index (χ3n) is 6.55. The van der Waals surface area contributed by atoms with Crippen LogP contribution in [0.25, 0.3) is 0 Å². The molecule has 2 fully saturated rings. The lowest BCUT2D eigenvalue weighted by molar-refractivity contribution is -0.136. The molecule has 0 aliphatic carbocycles. The molecule has 3 aliphatic rings. The van der Waals surface area contributed by atoms with E-state index in [9.17, 15) is 14.4 Å². The Morgan fingerprint density at radius 2 is 1.81 bits per heavy atom. The molecule has 0 saturated carbocycles. The molecule has 2 aromatic carbocycles. The maximum absolute atomic E-state index is 13.4. The number of carbonyl (C=O) groups excluding carboxylic acids is 3. The van der Waals surface area contributed by atoms with Gasteiger partial charge in [-0.05, 0) is 23.1 Å². The first-order valence-electron chi connectivity index (χ1n) is 10.9. The standard InChI is InChI=1S/C24H26N4O3/c29-21-10-9-19(23(30)26-21)28-15-18-8-4-7-17(22(18)24(28)31)14-27-12-11-25-13-20(27)16-5-2-1-3-6-16/h1-8,19-20,25H,9-15H2,(H,26,29,30). The highest BCUT2D eigenvalue weighted by Gasteiger charge is 2.40. The Morgan fingerprint density at radius 3 is 2.61 bits per heavy atom. The minimum absolute atomic E-state index is 0.105. The number of carbonyl (C=O) groups is 3. The fraction of sp³-hybridized carbons (Fsp3) is 0.375. The van der Waals surface area contributed by atoms with Crippen molar-refractivity contribution in [3.05, 3.63) is 70.8 Å². The smallest absolute Gasteiger partial charge is 0.255 e. The number of nitrogens with zero attached hydrogens (tertiary/aromatic N) is 2. The molecule has 2 N–H and O–H groups in total. The monoisotopic (exact) mass is 418 g/mol. The molecule has 3 amide bonds. The summed E-state index contributed by atoms with van der Waals surface area (Å²) in [5.41, 5.74) is 3.94. The van der Waals surface area contributed by atoms with Crippen molar-refractivity contribution < 1.29 is 14.4 Å². The highest BCUT2D eigenvalue weighted by molar-refractivity contribution is 6.06. The fourth-order valence-electron chi connectivity index (χ4n) is 4.98. The molecule has 0 spiro atoms. The maximum atomic E-state index is 13.4. The van der Waals surface area contributed by atoms with E-state index in [2.05, 4.69) is 39.8 Å². The Labute approximate surface area is 181 Å². The minimum Gasteiger partial charge on any atom is -0.322 e. The Bertz CT molecular complexity index is 1020. The Balaban J connectivity index is 1.40. The van der Waals surface area contributed by atoms with E-state index >= 15 is 0 Å². The summed E-state index contributed by atoms with van der Waals surface area (Å²) in [6.07, 6.45) is 0.649. The zero-order valence-corrected chi connectivity index (χ0v) is 17.3. The first-order valence-corrected chi connectivity index (χ1v) is 10.9. The second kappa shape index (κ2) is 8.24. The van der Waals surface area contributed by atoms with Gasteiger partial charge in [-0.2, -0.15) is 0 Å². The van der Waals surface area contributed by atoms with Gasteiger partial charge in [0.25, 0.3) is 5.91 Å². The number of hydrogen-bond acceptors (Lipinski definition) is 5. The van der Waals surface area contributed by atoms with Crippen molar-refractivity contribution in [2.24, 2.45) is 0 Å². The highest BCUT2D eigenvalue weighted by atomic mass is 16.2. The van der Waals surface area contributed by atoms with E-state index in [4.69, 9.17) is 0 Å². The van der Waals surface area contributed by atoms with Crippen LogP contribution >= 0.6 is 0 Å². The second-order valence-corrected chi connectivity index (χ2v) is 8.45. The van der Waals surface area contributed by atoms with Crippen molar-refractivity contribution in [2.45, 2.75) is 38.0 Å². The molecule has 160 valence electrons. The molecule has 3 aliphatic heterocycles. The molecule has 7 heteroatoms. The summed E-state index contributed by atoms with van der Waals surface area (Å²) in [5.74, 6) is -0.742. The molecule has 0 bridgehead atoms. The van der Waals surface area contributed by atoms with Crippen molar-refractivity contribution >= 4 is 17.7 Å². The van der Waals surface area contributed by atoms with Crippen molar-refractivity contribution in [1.29, 1.82) is 0 Å². The van der Waals surface area contributed by atoms with Crippen LogP contribution < -0.4 is 10.6 Å². The number of benzene rings is 2. The largest absolute Gasteiger partial charge is 0.322 e. The summed E-state index contributed by atoms with van der Waals surface area (Å²) in [5, 5.41) is 5.85. The van der Waals surface area contributed by atoms with Gasteiger partial charge in [0.15, 0.2) is 0 Å². The summed E-state index contributed by atoms with van der Waals surface area (Å²) < 4.78 is 0. The molecular weight excluding hydrogens is 392 g/mol. The third-order valence-corrected chi connectivity index (χ3v) is 6.55. The first kappa shape index (κ1) is 19.9. The van der Waals surface area contributed by atoms with E-state index < -0.39 is 6.04 Å². The number of piperidine rings is 1. The topological polar surface area (TPSA) is 81.8 Å². The average Bonchev–Trinajstić information content (AvgIpc) is 3.12. The quantitative estimate of drug-likeness (QED) is 0.737. The van der Waals surface area contributed by atoms with Crippen molar-refractivity contribution in [3.63, 3.8) is 0 Å². The van der Waals surface area contributed by atoms with Crippen LogP contribution in [0.15, 0.2) is 48.5 Å². The number of amides is 3. The van der Waals surface area contributed by atoms with Crippen molar-refractivity contribution in [2.75, 3.05) is 19.6 Å². The number of rotatable bonds is 4. The molecule has 5 rings (SSSR count). The normalized spacial score (nSPS) is 24.3. The van der Waals surface area contributed by atoms with Crippen molar-refractivity contribution in [3.8, 4) is 0 Å². The molecule has 31 heavy (non-hydrogen) atoms. The van der Waals surface area contributed by atoms with Gasteiger partial charge in [-0.25, -0.2) is 0 Å². The van der Waals surface area contributed by atoms with Gasteiger partial charge < -0.3 is 10.2 Å². The van der Waals surface area contributed by atoms with Crippen LogP contribution in [0.3, 0.4) is 0 Å². The van der Waals surface area contributed by atoms with Gasteiger partial charge in [0.1, 0.15) is 6.04 Å². The highest BCUT2D eigenvalue weighted by Crippen LogP contribution is 2.32. The molecule has 2 saturated heterocycles. The first-order chi connectivity index (χ1) is 15.1. The number of nitrogens with one attached hydrogen (secondary N) is 2. The van der Waals surface area contributed by atoms with Crippen LogP contribution in [0.4, 0.5) is 0 Å². The molecule has 7 nitrogen and oxygen atoms in total. The lowest BCUT2D eigenvalue weighted by atomic mass is 9.99. The maximum Gasteiger partial charge on any atom is 0.255 e. The van der Waals surface area contributed by atoms with Crippen LogP contribution in [0.5, 0.6) is 0 Å². The Morgan fingerprint density at radius 1 is 0.968 bits per heavy atom. The molecule has 3 heterocycles. The van der Waals surface area contributed by atoms with Crippen LogP contribution in [-0.4, -0.2) is 53.2 Å². The van der Waals surface area contributed by atoms with Crippen LogP contribution in [0, 0.1) is 0 Å². The van der Waals surface area contributed by atoms with Gasteiger partial charge in [-0.3, -0.25) is 24.6 Å². The summed E-state index contributed by atoms with van der Waals surface area (Å²) in [7, 11) is 0. The molecule has 0 aromatic heterocycles. The zero-order chi connectivity index (χ0) is 21.4. The molecule has 0 radical (unpaired) electrons. The van der Waals surface area contributed by atoms with E-state index in [1.807, 2.05) is 24.3 Å². The van der Waals surface area contributed by atoms with E-state index in [-0.39, 0.29) is 30.2 Å². The number of hydrogen-bond donors (Lipinski definition) is 2. The Hall–Kier alpha value is -3.03. The van der Waals surface area contributed by atoms with Gasteiger partial charge in [-0.15, -0.1) is 0 Å². The summed E-state index contributed by atoms with van der Waals surface area (Å²) in [6, 6.07) is 16.1. The van der Waals surface area contributed by atoms with Gasteiger partial charge in [0, 0.05) is 50.7 Å². The van der Waals surface area contributed by atoms with E-state index in [0.717, 1.165) is 36.3 Å². The molecule has 2 atom stereocenters. The summed E-state index contributed by atoms with van der Waals surface area (Å²) in [6.45, 7) is 3.77. The van der Waals surface area contributed by atoms with E-state index in [0.29, 0.717) is 19.5 Å². The average molecular weight is 418 g/mol. The van der Waals surface area contributed by atoms with Gasteiger partial charge in [0.05, 0.1) is 0 Å². The number of imide groups is 1. The SMILES string of the molecule is O=C1CCC(N2Cc3cccc(CN4CCNCC4c4ccccc4)c3C2=O)C(=O)N1. The van der Waals surface area contributed by atoms with Gasteiger partial charge in [-0.1, -0.05) is 48.5 Å². The number of piperazine rings is 1. The zero-order valence-electron chi connectivity index (χ0n) is 17.3. The van der Waals surface area contributed by atoms with Gasteiger partial charge >= 0.3 is 0 Å². The van der Waals surface area contributed by atoms with E-state index in [1.54, 1.807) is 4.90 Å². The van der Waals surface area contributed by atoms with Crippen LogP contribution in [-0.2, 0) is 22.7 Å². The molecule has 2 unspecified atom stereocenters. The minimum atomic E-state index is -0.582. The predicted molar refractivity (Wildman–Crippen MR) is 115 cm³/mol. The third kappa shape index (κ3) is 3.75. The lowest BCUT2D eigenvalue weighted by Crippen LogP contribution is -2.52. The summed E-state index contributed by atoms with van der Waals surface area (Å²) in [4.78, 5) is 41.3. The molecular formula is C24H26N4O3. The molecule has 2 aromatic rings. The van der Waals surface area contributed by atoms with Crippen molar-refractivity contribution in [1.82, 2.24) is 20.4 Å². The summed E-state index contributed by atoms with van der Waals surface area (Å²) >= 11 is 0. The fourth-order valence-corrected chi connectivity index (χ4v) is 4.98. The predicted octanol–water partition coefficient (Wildman–Crippen LogP) is 1.59. The van der Waals surface area contributed by atoms with Gasteiger partial charge in [0.2, 0.25) is 11.8 Å². The lowest BCUT2D eigenvalue weighted by Gasteiger charge is -2.37. The van der Waals surface area contributed by atoms with E-state index in [1.165, 1.54) is 5.56 Å². The van der Waals surface area contributed by atoms with Crippen LogP contribution in [0.2, 0.25) is 0 Å². The number of fused-ring (bicyclic) bond motifs is 1.